The van der Waals surface area contributed by atoms with Crippen molar-refractivity contribution in [2.45, 2.75) is 45.4 Å². The molecule has 1 aliphatic heterocycles. The summed E-state index contributed by atoms with van der Waals surface area (Å²) in [5.41, 5.74) is 1.43. The van der Waals surface area contributed by atoms with E-state index in [1.807, 2.05) is 32.3 Å². The van der Waals surface area contributed by atoms with Gasteiger partial charge in [-0.25, -0.2) is 4.98 Å². The summed E-state index contributed by atoms with van der Waals surface area (Å²) in [5, 5.41) is 3.19. The minimum absolute atomic E-state index is 0.370. The van der Waals surface area contributed by atoms with Gasteiger partial charge < -0.3 is 19.5 Å². The van der Waals surface area contributed by atoms with Crippen LogP contribution in [-0.4, -0.2) is 37.4 Å². The molecule has 3 rings (SSSR count). The molecule has 0 amide bonds. The van der Waals surface area contributed by atoms with E-state index in [9.17, 15) is 0 Å². The highest BCUT2D eigenvalue weighted by atomic mass is 16.7. The zero-order chi connectivity index (χ0) is 18.9. The van der Waals surface area contributed by atoms with E-state index in [0.717, 1.165) is 23.6 Å². The van der Waals surface area contributed by atoms with Crippen LogP contribution in [0.4, 0.5) is 11.6 Å². The number of anilines is 2. The van der Waals surface area contributed by atoms with Gasteiger partial charge in [-0.05, 0) is 39.3 Å². The maximum Gasteiger partial charge on any atom is 0.498 e. The van der Waals surface area contributed by atoms with Crippen molar-refractivity contribution in [3.63, 3.8) is 0 Å². The van der Waals surface area contributed by atoms with Gasteiger partial charge >= 0.3 is 7.12 Å². The normalized spacial score (nSPS) is 18.0. The lowest BCUT2D eigenvalue weighted by atomic mass is 9.79. The summed E-state index contributed by atoms with van der Waals surface area (Å²) in [7, 11) is 3.49. The van der Waals surface area contributed by atoms with Crippen molar-refractivity contribution >= 4 is 24.2 Å². The van der Waals surface area contributed by atoms with Crippen molar-refractivity contribution in [3.05, 3.63) is 48.0 Å². The molecule has 5 nitrogen and oxygen atoms in total. The minimum Gasteiger partial charge on any atom is -0.399 e. The summed E-state index contributed by atoms with van der Waals surface area (Å²) in [4.78, 5) is 6.91. The van der Waals surface area contributed by atoms with Gasteiger partial charge in [0.25, 0.3) is 0 Å². The number of hydrogen-bond acceptors (Lipinski definition) is 5. The van der Waals surface area contributed by atoms with Crippen LogP contribution in [0.1, 0.15) is 33.3 Å². The van der Waals surface area contributed by atoms with Crippen molar-refractivity contribution in [3.8, 4) is 0 Å². The van der Waals surface area contributed by atoms with Crippen LogP contribution < -0.4 is 15.7 Å². The molecule has 1 aromatic carbocycles. The Bertz CT molecular complexity index is 749. The number of benzene rings is 1. The average molecular weight is 353 g/mol. The van der Waals surface area contributed by atoms with E-state index < -0.39 is 7.12 Å². The summed E-state index contributed by atoms with van der Waals surface area (Å²) in [5.74, 6) is 1.68. The quantitative estimate of drug-likeness (QED) is 0.838. The second-order valence-electron chi connectivity index (χ2n) is 7.79. The molecule has 0 bridgehead atoms. The summed E-state index contributed by atoms with van der Waals surface area (Å²) in [6, 6.07) is 14.4. The molecule has 1 N–H and O–H groups in total. The van der Waals surface area contributed by atoms with Crippen molar-refractivity contribution in [2.75, 3.05) is 24.3 Å². The standard InChI is InChI=1S/C20H28BN3O2/c1-19(2)20(3,4)26-21(25-19)16-12-13-17(23-18(16)22-5)24(6)14-15-10-8-7-9-11-15/h7-13H,14H2,1-6H3,(H,22,23). The molecule has 138 valence electrons. The number of rotatable bonds is 5. The smallest absolute Gasteiger partial charge is 0.399 e. The molecule has 6 heteroatoms. The molecule has 26 heavy (non-hydrogen) atoms. The first kappa shape index (κ1) is 18.7. The molecule has 0 radical (unpaired) electrons. The molecule has 2 heterocycles. The molecule has 2 aromatic rings. The largest absolute Gasteiger partial charge is 0.498 e. The molecule has 1 saturated heterocycles. The predicted molar refractivity (Wildman–Crippen MR) is 108 cm³/mol. The van der Waals surface area contributed by atoms with Crippen LogP contribution in [0.2, 0.25) is 0 Å². The van der Waals surface area contributed by atoms with E-state index in [2.05, 4.69) is 62.2 Å². The zero-order valence-corrected chi connectivity index (χ0v) is 16.5. The van der Waals surface area contributed by atoms with E-state index >= 15 is 0 Å². The van der Waals surface area contributed by atoms with Gasteiger partial charge in [-0.2, -0.15) is 0 Å². The van der Waals surface area contributed by atoms with Gasteiger partial charge in [0.05, 0.1) is 11.2 Å². The monoisotopic (exact) mass is 353 g/mol. The number of pyridine rings is 1. The van der Waals surface area contributed by atoms with E-state index in [4.69, 9.17) is 14.3 Å². The number of hydrogen-bond donors (Lipinski definition) is 1. The van der Waals surface area contributed by atoms with E-state index in [1.165, 1.54) is 5.56 Å². The number of nitrogens with one attached hydrogen (secondary N) is 1. The first-order chi connectivity index (χ1) is 12.2. The Morgan fingerprint density at radius 2 is 1.62 bits per heavy atom. The topological polar surface area (TPSA) is 46.6 Å². The third kappa shape index (κ3) is 3.57. The Morgan fingerprint density at radius 3 is 2.19 bits per heavy atom. The number of aromatic nitrogens is 1. The average Bonchev–Trinajstić information content (AvgIpc) is 2.82. The van der Waals surface area contributed by atoms with Crippen molar-refractivity contribution in [1.82, 2.24) is 4.98 Å². The molecule has 0 aliphatic carbocycles. The van der Waals surface area contributed by atoms with Crippen molar-refractivity contribution in [2.24, 2.45) is 0 Å². The molecule has 1 aromatic heterocycles. The molecule has 0 unspecified atom stereocenters. The highest BCUT2D eigenvalue weighted by molar-refractivity contribution is 6.63. The second-order valence-corrected chi connectivity index (χ2v) is 7.79. The van der Waals surface area contributed by atoms with Crippen LogP contribution in [0.25, 0.3) is 0 Å². The molecule has 0 atom stereocenters. The van der Waals surface area contributed by atoms with Crippen molar-refractivity contribution in [1.29, 1.82) is 0 Å². The van der Waals surface area contributed by atoms with Crippen LogP contribution in [0.5, 0.6) is 0 Å². The van der Waals surface area contributed by atoms with E-state index in [0.29, 0.717) is 0 Å². The van der Waals surface area contributed by atoms with Gasteiger partial charge in [-0.1, -0.05) is 36.4 Å². The Balaban J connectivity index is 1.82. The lowest BCUT2D eigenvalue weighted by Gasteiger charge is -2.32. The maximum absolute atomic E-state index is 6.17. The Labute approximate surface area is 156 Å². The lowest BCUT2D eigenvalue weighted by Crippen LogP contribution is -2.41. The van der Waals surface area contributed by atoms with Crippen LogP contribution >= 0.6 is 0 Å². The molecular weight excluding hydrogens is 325 g/mol. The lowest BCUT2D eigenvalue weighted by molar-refractivity contribution is 0.00578. The van der Waals surface area contributed by atoms with Gasteiger partial charge in [-0.3, -0.25) is 0 Å². The van der Waals surface area contributed by atoms with Crippen LogP contribution in [0.3, 0.4) is 0 Å². The highest BCUT2D eigenvalue weighted by Crippen LogP contribution is 2.37. The second kappa shape index (κ2) is 6.93. The van der Waals surface area contributed by atoms with Gasteiger partial charge in [-0.15, -0.1) is 0 Å². The fourth-order valence-corrected chi connectivity index (χ4v) is 2.97. The maximum atomic E-state index is 6.17. The van der Waals surface area contributed by atoms with Crippen molar-refractivity contribution < 1.29 is 9.31 Å². The van der Waals surface area contributed by atoms with Crippen LogP contribution in [0.15, 0.2) is 42.5 Å². The van der Waals surface area contributed by atoms with Crippen LogP contribution in [0, 0.1) is 0 Å². The third-order valence-corrected chi connectivity index (χ3v) is 5.31. The van der Waals surface area contributed by atoms with Gasteiger partial charge in [0, 0.05) is 26.1 Å². The molecule has 1 aliphatic rings. The summed E-state index contributed by atoms with van der Waals surface area (Å²) >= 11 is 0. The predicted octanol–water partition coefficient (Wildman–Crippen LogP) is 3.06. The van der Waals surface area contributed by atoms with Gasteiger partial charge in [0.15, 0.2) is 0 Å². The Hall–Kier alpha value is -2.05. The van der Waals surface area contributed by atoms with Gasteiger partial charge in [0.1, 0.15) is 11.6 Å². The number of nitrogens with zero attached hydrogens (tertiary/aromatic N) is 2. The van der Waals surface area contributed by atoms with Gasteiger partial charge in [0.2, 0.25) is 0 Å². The van der Waals surface area contributed by atoms with E-state index in [1.54, 1.807) is 0 Å². The SMILES string of the molecule is CNc1nc(N(C)Cc2ccccc2)ccc1B1OC(C)(C)C(C)(C)O1. The molecular formula is C20H28BN3O2. The first-order valence-electron chi connectivity index (χ1n) is 9.03. The zero-order valence-electron chi connectivity index (χ0n) is 16.5. The van der Waals surface area contributed by atoms with E-state index in [-0.39, 0.29) is 11.2 Å². The first-order valence-corrected chi connectivity index (χ1v) is 9.03. The summed E-state index contributed by atoms with van der Waals surface area (Å²) in [6.07, 6.45) is 0. The molecule has 0 spiro atoms. The minimum atomic E-state index is -0.427. The summed E-state index contributed by atoms with van der Waals surface area (Å²) < 4.78 is 12.3. The Kier molecular flexibility index (Phi) is 4.99. The van der Waals surface area contributed by atoms with Crippen LogP contribution in [-0.2, 0) is 15.9 Å². The Morgan fingerprint density at radius 1 is 1.00 bits per heavy atom. The molecule has 0 saturated carbocycles. The molecule has 1 fully saturated rings. The third-order valence-electron chi connectivity index (χ3n) is 5.31. The fraction of sp³-hybridized carbons (Fsp3) is 0.450. The summed E-state index contributed by atoms with van der Waals surface area (Å²) in [6.45, 7) is 9.03. The fourth-order valence-electron chi connectivity index (χ4n) is 2.97. The highest BCUT2D eigenvalue weighted by Gasteiger charge is 2.52.